The predicted octanol–water partition coefficient (Wildman–Crippen LogP) is 2.54. The van der Waals surface area contributed by atoms with Crippen molar-refractivity contribution >= 4 is 11.3 Å². The van der Waals surface area contributed by atoms with Crippen LogP contribution < -0.4 is 5.32 Å². The number of aromatic nitrogens is 1. The highest BCUT2D eigenvalue weighted by atomic mass is 32.1. The molecule has 3 nitrogen and oxygen atoms in total. The van der Waals surface area contributed by atoms with Gasteiger partial charge in [-0.15, -0.1) is 11.3 Å². The molecule has 2 rings (SSSR count). The third-order valence-electron chi connectivity index (χ3n) is 3.45. The van der Waals surface area contributed by atoms with Crippen molar-refractivity contribution in [2.75, 3.05) is 26.2 Å². The number of thiazole rings is 1. The van der Waals surface area contributed by atoms with Gasteiger partial charge in [-0.3, -0.25) is 4.90 Å². The second-order valence-electron chi connectivity index (χ2n) is 5.11. The van der Waals surface area contributed by atoms with Crippen molar-refractivity contribution in [2.24, 2.45) is 0 Å². The first-order valence-electron chi connectivity index (χ1n) is 6.51. The van der Waals surface area contributed by atoms with Gasteiger partial charge < -0.3 is 5.32 Å². The molecule has 1 aromatic rings. The molecular weight excluding hydrogens is 230 g/mol. The van der Waals surface area contributed by atoms with Crippen molar-refractivity contribution in [2.45, 2.75) is 39.7 Å². The SMILES string of the molecule is Cc1sc(C(C)N2CCNCC2)nc1C(C)C. The van der Waals surface area contributed by atoms with E-state index in [1.807, 2.05) is 11.3 Å². The topological polar surface area (TPSA) is 28.2 Å². The molecule has 1 aromatic heterocycles. The van der Waals surface area contributed by atoms with E-state index in [1.165, 1.54) is 15.6 Å². The zero-order chi connectivity index (χ0) is 12.4. The molecule has 0 aromatic carbocycles. The summed E-state index contributed by atoms with van der Waals surface area (Å²) in [5.74, 6) is 0.537. The van der Waals surface area contributed by atoms with E-state index < -0.39 is 0 Å². The Balaban J connectivity index is 2.13. The van der Waals surface area contributed by atoms with Gasteiger partial charge in [0.25, 0.3) is 0 Å². The summed E-state index contributed by atoms with van der Waals surface area (Å²) in [4.78, 5) is 8.75. The van der Waals surface area contributed by atoms with E-state index in [0.717, 1.165) is 26.2 Å². The van der Waals surface area contributed by atoms with E-state index in [1.54, 1.807) is 0 Å². The molecule has 0 saturated carbocycles. The molecule has 1 fully saturated rings. The molecule has 1 atom stereocenters. The van der Waals surface area contributed by atoms with Crippen molar-refractivity contribution < 1.29 is 0 Å². The molecule has 17 heavy (non-hydrogen) atoms. The fourth-order valence-electron chi connectivity index (χ4n) is 2.37. The van der Waals surface area contributed by atoms with Crippen LogP contribution in [0.3, 0.4) is 0 Å². The van der Waals surface area contributed by atoms with E-state index in [2.05, 4.69) is 37.9 Å². The molecule has 0 amide bonds. The molecule has 0 spiro atoms. The summed E-state index contributed by atoms with van der Waals surface area (Å²) in [6.07, 6.45) is 0. The van der Waals surface area contributed by atoms with Gasteiger partial charge in [0.15, 0.2) is 0 Å². The molecule has 1 N–H and O–H groups in total. The van der Waals surface area contributed by atoms with Crippen molar-refractivity contribution in [1.29, 1.82) is 0 Å². The lowest BCUT2D eigenvalue weighted by atomic mass is 10.1. The van der Waals surface area contributed by atoms with Crippen LogP contribution >= 0.6 is 11.3 Å². The Morgan fingerprint density at radius 3 is 2.41 bits per heavy atom. The van der Waals surface area contributed by atoms with Crippen LogP contribution in [0, 0.1) is 6.92 Å². The second kappa shape index (κ2) is 5.46. The Labute approximate surface area is 108 Å². The summed E-state index contributed by atoms with van der Waals surface area (Å²) in [7, 11) is 0. The van der Waals surface area contributed by atoms with Gasteiger partial charge >= 0.3 is 0 Å². The molecular formula is C13H23N3S. The van der Waals surface area contributed by atoms with E-state index in [4.69, 9.17) is 4.98 Å². The summed E-state index contributed by atoms with van der Waals surface area (Å²) in [6.45, 7) is 13.4. The summed E-state index contributed by atoms with van der Waals surface area (Å²) in [5, 5.41) is 4.68. The number of hydrogen-bond donors (Lipinski definition) is 1. The maximum Gasteiger partial charge on any atom is 0.110 e. The fraction of sp³-hybridized carbons (Fsp3) is 0.769. The lowest BCUT2D eigenvalue weighted by molar-refractivity contribution is 0.185. The number of aryl methyl sites for hydroxylation is 1. The third kappa shape index (κ3) is 2.87. The molecule has 0 radical (unpaired) electrons. The van der Waals surface area contributed by atoms with Crippen LogP contribution in [0.15, 0.2) is 0 Å². The fourth-order valence-corrected chi connectivity index (χ4v) is 3.53. The lowest BCUT2D eigenvalue weighted by Crippen LogP contribution is -2.44. The van der Waals surface area contributed by atoms with Crippen molar-refractivity contribution in [3.8, 4) is 0 Å². The number of piperazine rings is 1. The molecule has 1 unspecified atom stereocenters. The Hall–Kier alpha value is -0.450. The smallest absolute Gasteiger partial charge is 0.110 e. The first-order valence-corrected chi connectivity index (χ1v) is 7.33. The molecule has 0 bridgehead atoms. The average molecular weight is 253 g/mol. The summed E-state index contributed by atoms with van der Waals surface area (Å²) >= 11 is 1.87. The Morgan fingerprint density at radius 2 is 1.88 bits per heavy atom. The third-order valence-corrected chi connectivity index (χ3v) is 4.61. The molecule has 1 saturated heterocycles. The molecule has 96 valence electrons. The average Bonchev–Trinajstić information content (AvgIpc) is 2.71. The minimum Gasteiger partial charge on any atom is -0.314 e. The van der Waals surface area contributed by atoms with Gasteiger partial charge in [0.1, 0.15) is 5.01 Å². The number of rotatable bonds is 3. The monoisotopic (exact) mass is 253 g/mol. The standard InChI is InChI=1S/C13H23N3S/c1-9(2)12-11(4)17-13(15-12)10(3)16-7-5-14-6-8-16/h9-10,14H,5-8H2,1-4H3. The minimum absolute atomic E-state index is 0.466. The van der Waals surface area contributed by atoms with Crippen LogP contribution in [-0.2, 0) is 0 Å². The molecule has 2 heterocycles. The highest BCUT2D eigenvalue weighted by Gasteiger charge is 2.22. The maximum atomic E-state index is 4.84. The van der Waals surface area contributed by atoms with Gasteiger partial charge in [0.2, 0.25) is 0 Å². The van der Waals surface area contributed by atoms with Crippen LogP contribution in [0.25, 0.3) is 0 Å². The predicted molar refractivity (Wildman–Crippen MR) is 73.8 cm³/mol. The summed E-state index contributed by atoms with van der Waals surface area (Å²) in [5.41, 5.74) is 1.28. The zero-order valence-electron chi connectivity index (χ0n) is 11.3. The molecule has 1 aliphatic heterocycles. The van der Waals surface area contributed by atoms with Crippen molar-refractivity contribution in [3.63, 3.8) is 0 Å². The number of hydrogen-bond acceptors (Lipinski definition) is 4. The van der Waals surface area contributed by atoms with Crippen LogP contribution in [0.4, 0.5) is 0 Å². The minimum atomic E-state index is 0.466. The zero-order valence-corrected chi connectivity index (χ0v) is 12.1. The molecule has 0 aliphatic carbocycles. The van der Waals surface area contributed by atoms with E-state index >= 15 is 0 Å². The van der Waals surface area contributed by atoms with Crippen LogP contribution in [0.5, 0.6) is 0 Å². The second-order valence-corrected chi connectivity index (χ2v) is 6.34. The highest BCUT2D eigenvalue weighted by molar-refractivity contribution is 7.11. The highest BCUT2D eigenvalue weighted by Crippen LogP contribution is 2.30. The van der Waals surface area contributed by atoms with Crippen LogP contribution in [0.2, 0.25) is 0 Å². The number of nitrogens with zero attached hydrogens (tertiary/aromatic N) is 2. The molecule has 4 heteroatoms. The van der Waals surface area contributed by atoms with E-state index in [9.17, 15) is 0 Å². The van der Waals surface area contributed by atoms with Gasteiger partial charge in [-0.2, -0.15) is 0 Å². The Bertz CT molecular complexity index is 367. The van der Waals surface area contributed by atoms with Gasteiger partial charge in [0.05, 0.1) is 11.7 Å². The lowest BCUT2D eigenvalue weighted by Gasteiger charge is -2.31. The molecule has 1 aliphatic rings. The summed E-state index contributed by atoms with van der Waals surface area (Å²) < 4.78 is 0. The van der Waals surface area contributed by atoms with Gasteiger partial charge in [-0.25, -0.2) is 4.98 Å². The quantitative estimate of drug-likeness (QED) is 0.897. The Kier molecular flexibility index (Phi) is 4.17. The maximum absolute atomic E-state index is 4.84. The number of nitrogens with one attached hydrogen (secondary N) is 1. The van der Waals surface area contributed by atoms with Gasteiger partial charge in [-0.1, -0.05) is 13.8 Å². The van der Waals surface area contributed by atoms with Crippen LogP contribution in [0.1, 0.15) is 48.3 Å². The van der Waals surface area contributed by atoms with Crippen LogP contribution in [-0.4, -0.2) is 36.1 Å². The first-order chi connectivity index (χ1) is 8.09. The normalized spacial score (nSPS) is 19.8. The van der Waals surface area contributed by atoms with Crippen molar-refractivity contribution in [1.82, 2.24) is 15.2 Å². The van der Waals surface area contributed by atoms with E-state index in [0.29, 0.717) is 12.0 Å². The van der Waals surface area contributed by atoms with Crippen molar-refractivity contribution in [3.05, 3.63) is 15.6 Å². The largest absolute Gasteiger partial charge is 0.314 e. The van der Waals surface area contributed by atoms with E-state index in [-0.39, 0.29) is 0 Å². The Morgan fingerprint density at radius 1 is 1.24 bits per heavy atom. The van der Waals surface area contributed by atoms with Gasteiger partial charge in [-0.05, 0) is 19.8 Å². The van der Waals surface area contributed by atoms with Gasteiger partial charge in [0, 0.05) is 31.1 Å². The first kappa shape index (κ1) is 13.0. The summed E-state index contributed by atoms with van der Waals surface area (Å²) in [6, 6.07) is 0.466.